The fourth-order valence-corrected chi connectivity index (χ4v) is 4.26. The van der Waals surface area contributed by atoms with Crippen molar-refractivity contribution in [1.29, 1.82) is 0 Å². The van der Waals surface area contributed by atoms with Crippen LogP contribution in [0.3, 0.4) is 0 Å². The van der Waals surface area contributed by atoms with Gasteiger partial charge in [-0.2, -0.15) is 4.52 Å². The third-order valence-corrected chi connectivity index (χ3v) is 5.64. The first kappa shape index (κ1) is 14.7. The van der Waals surface area contributed by atoms with Crippen LogP contribution in [0.4, 0.5) is 14.6 Å². The fourth-order valence-electron chi connectivity index (χ4n) is 4.26. The zero-order valence-corrected chi connectivity index (χ0v) is 13.5. The molecule has 7 heteroatoms. The van der Waals surface area contributed by atoms with E-state index in [2.05, 4.69) is 44.9 Å². The molecule has 2 aliphatic carbocycles. The maximum Gasteiger partial charge on any atom is 0.299 e. The summed E-state index contributed by atoms with van der Waals surface area (Å²) in [6, 6.07) is 12.1. The minimum Gasteiger partial charge on any atom is -0.368 e. The van der Waals surface area contributed by atoms with Crippen molar-refractivity contribution >= 4 is 11.5 Å². The lowest BCUT2D eigenvalue weighted by Crippen LogP contribution is -2.14. The second-order valence-corrected chi connectivity index (χ2v) is 6.94. The van der Waals surface area contributed by atoms with Gasteiger partial charge >= 0.3 is 0 Å². The zero-order chi connectivity index (χ0) is 17.0. The van der Waals surface area contributed by atoms with Crippen LogP contribution in [0.1, 0.15) is 36.2 Å². The lowest BCUT2D eigenvalue weighted by molar-refractivity contribution is 0.137. The summed E-state index contributed by atoms with van der Waals surface area (Å²) >= 11 is 0. The Morgan fingerprint density at radius 1 is 1.20 bits per heavy atom. The molecule has 0 saturated heterocycles. The van der Waals surface area contributed by atoms with Crippen LogP contribution in [0.15, 0.2) is 36.4 Å². The summed E-state index contributed by atoms with van der Waals surface area (Å²) in [5, 5.41) is 14.7. The summed E-state index contributed by atoms with van der Waals surface area (Å²) in [5.74, 6) is 0.706. The number of nitrogens with one attached hydrogen (secondary N) is 1. The van der Waals surface area contributed by atoms with Gasteiger partial charge in [-0.1, -0.05) is 24.3 Å². The van der Waals surface area contributed by atoms with Crippen LogP contribution >= 0.6 is 0 Å². The van der Waals surface area contributed by atoms with Crippen molar-refractivity contribution in [1.82, 2.24) is 19.8 Å². The van der Waals surface area contributed by atoms with E-state index in [4.69, 9.17) is 0 Å². The molecule has 128 valence electrons. The van der Waals surface area contributed by atoms with Crippen molar-refractivity contribution in [2.24, 2.45) is 5.92 Å². The van der Waals surface area contributed by atoms with Gasteiger partial charge in [0, 0.05) is 12.0 Å². The normalized spacial score (nSPS) is 24.2. The highest BCUT2D eigenvalue weighted by atomic mass is 19.3. The van der Waals surface area contributed by atoms with Gasteiger partial charge in [0.1, 0.15) is 5.82 Å². The van der Waals surface area contributed by atoms with Gasteiger partial charge in [0.05, 0.1) is 0 Å². The first-order valence-corrected chi connectivity index (χ1v) is 8.50. The maximum absolute atomic E-state index is 12.9. The predicted octanol–water partition coefficient (Wildman–Crippen LogP) is 3.38. The molecule has 5 nitrogen and oxygen atoms in total. The first-order valence-electron chi connectivity index (χ1n) is 8.50. The summed E-state index contributed by atoms with van der Waals surface area (Å²) < 4.78 is 27.0. The van der Waals surface area contributed by atoms with Gasteiger partial charge in [-0.15, -0.1) is 15.3 Å². The van der Waals surface area contributed by atoms with Crippen molar-refractivity contribution in [3.05, 3.63) is 53.3 Å². The topological polar surface area (TPSA) is 55.1 Å². The number of hydrogen-bond donors (Lipinski definition) is 1. The van der Waals surface area contributed by atoms with Gasteiger partial charge in [-0.05, 0) is 48.4 Å². The number of nitrogens with zero attached hydrogens (tertiary/aromatic N) is 4. The van der Waals surface area contributed by atoms with Crippen molar-refractivity contribution in [3.8, 4) is 0 Å². The molecule has 1 aromatic carbocycles. The Hall–Kier alpha value is -2.57. The quantitative estimate of drug-likeness (QED) is 0.790. The van der Waals surface area contributed by atoms with E-state index >= 15 is 0 Å². The van der Waals surface area contributed by atoms with Crippen molar-refractivity contribution < 1.29 is 8.78 Å². The molecular weight excluding hydrogens is 324 g/mol. The van der Waals surface area contributed by atoms with E-state index in [9.17, 15) is 8.78 Å². The van der Waals surface area contributed by atoms with Crippen LogP contribution in [0.2, 0.25) is 0 Å². The van der Waals surface area contributed by atoms with Gasteiger partial charge < -0.3 is 5.32 Å². The Morgan fingerprint density at radius 3 is 2.96 bits per heavy atom. The minimum absolute atomic E-state index is 0.304. The predicted molar refractivity (Wildman–Crippen MR) is 88.8 cm³/mol. The van der Waals surface area contributed by atoms with E-state index in [1.165, 1.54) is 24.0 Å². The van der Waals surface area contributed by atoms with Gasteiger partial charge in [0.2, 0.25) is 5.82 Å². The Morgan fingerprint density at radius 2 is 2.08 bits per heavy atom. The Bertz CT molecular complexity index is 954. The molecule has 0 radical (unpaired) electrons. The number of aromatic nitrogens is 4. The highest BCUT2D eigenvalue weighted by molar-refractivity contribution is 5.47. The van der Waals surface area contributed by atoms with Crippen LogP contribution in [0.5, 0.6) is 0 Å². The minimum atomic E-state index is -2.69. The number of fused-ring (bicyclic) bond motifs is 3. The van der Waals surface area contributed by atoms with E-state index in [-0.39, 0.29) is 0 Å². The Kier molecular flexibility index (Phi) is 3.07. The molecule has 1 saturated carbocycles. The highest BCUT2D eigenvalue weighted by Gasteiger charge is 2.57. The van der Waals surface area contributed by atoms with Crippen LogP contribution in [-0.4, -0.2) is 26.4 Å². The van der Waals surface area contributed by atoms with Crippen LogP contribution in [-0.2, 0) is 11.8 Å². The summed E-state index contributed by atoms with van der Waals surface area (Å²) in [4.78, 5) is 0. The van der Waals surface area contributed by atoms with E-state index < -0.39 is 12.2 Å². The average Bonchev–Trinajstić information content (AvgIpc) is 2.97. The molecule has 1 fully saturated rings. The highest BCUT2D eigenvalue weighted by Crippen LogP contribution is 2.61. The molecule has 1 spiro atoms. The summed E-state index contributed by atoms with van der Waals surface area (Å²) in [7, 11) is 0. The monoisotopic (exact) mass is 341 g/mol. The molecular formula is C18H17F2N5. The molecule has 3 aromatic rings. The average molecular weight is 341 g/mol. The lowest BCUT2D eigenvalue weighted by atomic mass is 9.95. The molecule has 0 amide bonds. The standard InChI is InChI=1S/C18H17F2N5/c19-16(20)17-23-22-15-6-5-14(24-25(15)17)21-10-12-9-18(12)8-7-11-3-1-2-4-13(11)18/h1-6,12,16H,7-10H2,(H,21,24)/t12-,18-/m1/s1. The SMILES string of the molecule is FC(F)c1nnc2ccc(NC[C@H]3C[C@]34CCc3ccccc34)nn12. The van der Waals surface area contributed by atoms with Gasteiger partial charge in [0.15, 0.2) is 5.65 Å². The zero-order valence-electron chi connectivity index (χ0n) is 13.5. The molecule has 1 N–H and O–H groups in total. The molecule has 0 aliphatic heterocycles. The number of halogens is 2. The van der Waals surface area contributed by atoms with Crippen LogP contribution in [0.25, 0.3) is 5.65 Å². The van der Waals surface area contributed by atoms with Crippen molar-refractivity contribution in [2.45, 2.75) is 31.1 Å². The smallest absolute Gasteiger partial charge is 0.299 e. The van der Waals surface area contributed by atoms with Crippen LogP contribution < -0.4 is 5.32 Å². The maximum atomic E-state index is 12.9. The molecule has 0 unspecified atom stereocenters. The second-order valence-electron chi connectivity index (χ2n) is 6.94. The van der Waals surface area contributed by atoms with Gasteiger partial charge in [-0.3, -0.25) is 0 Å². The third kappa shape index (κ3) is 2.22. The number of hydrogen-bond acceptors (Lipinski definition) is 4. The molecule has 2 atom stereocenters. The Balaban J connectivity index is 1.33. The summed E-state index contributed by atoms with van der Waals surface area (Å²) in [6.07, 6.45) is 0.828. The van der Waals surface area contributed by atoms with E-state index in [1.807, 2.05) is 0 Å². The number of benzene rings is 1. The van der Waals surface area contributed by atoms with E-state index in [0.29, 0.717) is 22.8 Å². The largest absolute Gasteiger partial charge is 0.368 e. The molecule has 2 heterocycles. The molecule has 5 rings (SSSR count). The van der Waals surface area contributed by atoms with E-state index in [0.717, 1.165) is 17.5 Å². The van der Waals surface area contributed by atoms with Crippen molar-refractivity contribution in [2.75, 3.05) is 11.9 Å². The fraction of sp³-hybridized carbons (Fsp3) is 0.389. The number of aryl methyl sites for hydroxylation is 1. The molecule has 2 aliphatic rings. The van der Waals surface area contributed by atoms with Gasteiger partial charge in [-0.25, -0.2) is 8.78 Å². The molecule has 2 aromatic heterocycles. The number of alkyl halides is 2. The number of anilines is 1. The first-order chi connectivity index (χ1) is 12.2. The van der Waals surface area contributed by atoms with E-state index in [1.54, 1.807) is 12.1 Å². The molecule has 0 bridgehead atoms. The molecule has 25 heavy (non-hydrogen) atoms. The van der Waals surface area contributed by atoms with Crippen molar-refractivity contribution in [3.63, 3.8) is 0 Å². The summed E-state index contributed by atoms with van der Waals surface area (Å²) in [6.45, 7) is 0.791. The number of rotatable bonds is 4. The summed E-state index contributed by atoms with van der Waals surface area (Å²) in [5.41, 5.74) is 3.59. The lowest BCUT2D eigenvalue weighted by Gasteiger charge is -2.12. The van der Waals surface area contributed by atoms with Gasteiger partial charge in [0.25, 0.3) is 6.43 Å². The van der Waals surface area contributed by atoms with Crippen LogP contribution in [0, 0.1) is 5.92 Å². The Labute approximate surface area is 143 Å². The third-order valence-electron chi connectivity index (χ3n) is 5.64. The second kappa shape index (κ2) is 5.21.